The van der Waals surface area contributed by atoms with Gasteiger partial charge in [0, 0.05) is 23.1 Å². The molecular formula is C21H14N2O2. The van der Waals surface area contributed by atoms with E-state index in [-0.39, 0.29) is 18.1 Å². The van der Waals surface area contributed by atoms with E-state index in [0.717, 1.165) is 22.3 Å². The van der Waals surface area contributed by atoms with Crippen LogP contribution in [0.3, 0.4) is 0 Å². The van der Waals surface area contributed by atoms with Crippen LogP contribution in [0.5, 0.6) is 0 Å². The van der Waals surface area contributed by atoms with Gasteiger partial charge in [0.2, 0.25) is 0 Å². The van der Waals surface area contributed by atoms with E-state index >= 15 is 0 Å². The summed E-state index contributed by atoms with van der Waals surface area (Å²) in [5, 5.41) is 0.794. The van der Waals surface area contributed by atoms with Gasteiger partial charge in [-0.15, -0.1) is 0 Å². The molecule has 4 nitrogen and oxygen atoms in total. The van der Waals surface area contributed by atoms with Gasteiger partial charge in [0.15, 0.2) is 5.78 Å². The van der Waals surface area contributed by atoms with Gasteiger partial charge in [0.05, 0.1) is 16.8 Å². The molecule has 2 aliphatic rings. The van der Waals surface area contributed by atoms with Gasteiger partial charge in [-0.05, 0) is 30.7 Å². The zero-order valence-corrected chi connectivity index (χ0v) is 13.6. The Morgan fingerprint density at radius 1 is 1.00 bits per heavy atom. The first-order chi connectivity index (χ1) is 12.1. The van der Waals surface area contributed by atoms with Crippen molar-refractivity contribution in [2.45, 2.75) is 13.3 Å². The number of fused-ring (bicyclic) bond motifs is 2. The molecule has 4 heteroatoms. The summed E-state index contributed by atoms with van der Waals surface area (Å²) in [4.78, 5) is 32.0. The normalized spacial score (nSPS) is 15.6. The van der Waals surface area contributed by atoms with Crippen LogP contribution in [0.25, 0.3) is 16.6 Å². The lowest BCUT2D eigenvalue weighted by Crippen LogP contribution is -2.23. The first-order valence-corrected chi connectivity index (χ1v) is 8.23. The smallest absolute Gasteiger partial charge is 0.264 e. The maximum atomic E-state index is 13.3. The summed E-state index contributed by atoms with van der Waals surface area (Å²) in [6, 6.07) is 15.3. The zero-order chi connectivity index (χ0) is 17.1. The van der Waals surface area contributed by atoms with Crippen LogP contribution in [0.15, 0.2) is 54.6 Å². The standard InChI is InChI=1S/C21H14N2O2/c1-12-5-4-6-13(11-12)23-16-9-10-17(24)20-19(16)18(21(23)25)14-7-2-3-8-15(14)22-20/h2-9,11H,10H2,1H3. The van der Waals surface area contributed by atoms with E-state index in [4.69, 9.17) is 0 Å². The molecule has 1 aromatic heterocycles. The van der Waals surface area contributed by atoms with Crippen LogP contribution >= 0.6 is 0 Å². The summed E-state index contributed by atoms with van der Waals surface area (Å²) in [5.74, 6) is -0.133. The van der Waals surface area contributed by atoms with Gasteiger partial charge in [-0.25, -0.2) is 4.98 Å². The van der Waals surface area contributed by atoms with Crippen molar-refractivity contribution >= 4 is 34.0 Å². The highest BCUT2D eigenvalue weighted by molar-refractivity contribution is 6.30. The quantitative estimate of drug-likeness (QED) is 0.675. The SMILES string of the molecule is Cc1cccc(N2C(=O)c3c4c(nc5ccccc35)C(=O)CC=C42)c1. The Kier molecular flexibility index (Phi) is 2.74. The molecule has 1 aliphatic carbocycles. The van der Waals surface area contributed by atoms with E-state index in [9.17, 15) is 9.59 Å². The molecule has 5 rings (SSSR count). The number of carbonyl (C=O) groups is 2. The Labute approximate surface area is 144 Å². The molecule has 1 amide bonds. The first kappa shape index (κ1) is 14.1. The van der Waals surface area contributed by atoms with Gasteiger partial charge in [-0.1, -0.05) is 36.4 Å². The van der Waals surface area contributed by atoms with Crippen molar-refractivity contribution < 1.29 is 9.59 Å². The highest BCUT2D eigenvalue weighted by Crippen LogP contribution is 2.43. The molecule has 0 radical (unpaired) electrons. The molecule has 0 spiro atoms. The van der Waals surface area contributed by atoms with Gasteiger partial charge in [-0.2, -0.15) is 0 Å². The summed E-state index contributed by atoms with van der Waals surface area (Å²) in [6.07, 6.45) is 2.11. The lowest BCUT2D eigenvalue weighted by Gasteiger charge is -2.21. The third-order valence-electron chi connectivity index (χ3n) is 4.81. The lowest BCUT2D eigenvalue weighted by atomic mass is 9.94. The van der Waals surface area contributed by atoms with Crippen LogP contribution in [0, 0.1) is 6.92 Å². The number of anilines is 1. The molecular weight excluding hydrogens is 312 g/mol. The summed E-state index contributed by atoms with van der Waals surface area (Å²) in [7, 11) is 0. The molecule has 120 valence electrons. The second kappa shape index (κ2) is 4.86. The van der Waals surface area contributed by atoms with E-state index in [1.165, 1.54) is 0 Å². The van der Waals surface area contributed by atoms with Gasteiger partial charge < -0.3 is 0 Å². The number of pyridine rings is 1. The van der Waals surface area contributed by atoms with Crippen molar-refractivity contribution in [1.82, 2.24) is 4.98 Å². The number of amides is 1. The minimum absolute atomic E-state index is 0.0374. The Hall–Kier alpha value is -3.27. The van der Waals surface area contributed by atoms with Gasteiger partial charge in [-0.3, -0.25) is 14.5 Å². The number of hydrogen-bond acceptors (Lipinski definition) is 3. The number of benzene rings is 2. The predicted molar refractivity (Wildman–Crippen MR) is 96.7 cm³/mol. The van der Waals surface area contributed by atoms with Crippen LogP contribution in [0.1, 0.15) is 38.4 Å². The number of aryl methyl sites for hydroxylation is 1. The van der Waals surface area contributed by atoms with Crippen molar-refractivity contribution in [3.8, 4) is 0 Å². The second-order valence-corrected chi connectivity index (χ2v) is 6.42. The molecule has 0 N–H and O–H groups in total. The molecule has 0 saturated carbocycles. The minimum atomic E-state index is -0.0959. The van der Waals surface area contributed by atoms with Crippen LogP contribution in [-0.2, 0) is 0 Å². The second-order valence-electron chi connectivity index (χ2n) is 6.42. The molecule has 1 aliphatic heterocycles. The van der Waals surface area contributed by atoms with Crippen molar-refractivity contribution in [2.75, 3.05) is 4.90 Å². The number of allylic oxidation sites excluding steroid dienone is 1. The number of rotatable bonds is 1. The fraction of sp³-hybridized carbons (Fsp3) is 0.0952. The summed E-state index contributed by atoms with van der Waals surface area (Å²) < 4.78 is 0. The molecule has 2 aromatic carbocycles. The van der Waals surface area contributed by atoms with Crippen molar-refractivity contribution in [3.05, 3.63) is 77.0 Å². The largest absolute Gasteiger partial charge is 0.292 e. The van der Waals surface area contributed by atoms with Gasteiger partial charge in [0.1, 0.15) is 5.69 Å². The Morgan fingerprint density at radius 3 is 2.68 bits per heavy atom. The van der Waals surface area contributed by atoms with Gasteiger partial charge >= 0.3 is 0 Å². The highest BCUT2D eigenvalue weighted by atomic mass is 16.2. The summed E-state index contributed by atoms with van der Waals surface area (Å²) in [5.41, 5.74) is 5.04. The number of carbonyl (C=O) groups excluding carboxylic acids is 2. The van der Waals surface area contributed by atoms with E-state index in [1.807, 2.05) is 61.5 Å². The molecule has 3 aromatic rings. The lowest BCUT2D eigenvalue weighted by molar-refractivity contribution is 0.0987. The number of hydrogen-bond donors (Lipinski definition) is 0. The van der Waals surface area contributed by atoms with Crippen LogP contribution in [-0.4, -0.2) is 16.7 Å². The Morgan fingerprint density at radius 2 is 1.84 bits per heavy atom. The number of nitrogens with zero attached hydrogens (tertiary/aromatic N) is 2. The minimum Gasteiger partial charge on any atom is -0.292 e. The van der Waals surface area contributed by atoms with E-state index in [1.54, 1.807) is 4.90 Å². The summed E-state index contributed by atoms with van der Waals surface area (Å²) in [6.45, 7) is 2.00. The van der Waals surface area contributed by atoms with Gasteiger partial charge in [0.25, 0.3) is 5.91 Å². The fourth-order valence-corrected chi connectivity index (χ4v) is 3.72. The van der Waals surface area contributed by atoms with E-state index in [0.29, 0.717) is 22.3 Å². The molecule has 0 saturated heterocycles. The monoisotopic (exact) mass is 326 g/mol. The highest BCUT2D eigenvalue weighted by Gasteiger charge is 2.40. The Bertz CT molecular complexity index is 1130. The van der Waals surface area contributed by atoms with Crippen molar-refractivity contribution in [3.63, 3.8) is 0 Å². The van der Waals surface area contributed by atoms with Crippen LogP contribution < -0.4 is 4.90 Å². The third-order valence-corrected chi connectivity index (χ3v) is 4.81. The molecule has 0 bridgehead atoms. The zero-order valence-electron chi connectivity index (χ0n) is 13.6. The maximum absolute atomic E-state index is 13.3. The topological polar surface area (TPSA) is 50.3 Å². The van der Waals surface area contributed by atoms with E-state index in [2.05, 4.69) is 4.98 Å². The molecule has 0 unspecified atom stereocenters. The van der Waals surface area contributed by atoms with Crippen LogP contribution in [0.2, 0.25) is 0 Å². The average molecular weight is 326 g/mol. The number of Topliss-reactive ketones (excluding diaryl/α,β-unsaturated/α-hetero) is 1. The predicted octanol–water partition coefficient (Wildman–Crippen LogP) is 4.13. The molecule has 0 atom stereocenters. The average Bonchev–Trinajstić information content (AvgIpc) is 2.92. The fourth-order valence-electron chi connectivity index (χ4n) is 3.72. The molecule has 0 fully saturated rings. The molecule has 25 heavy (non-hydrogen) atoms. The Balaban J connectivity index is 1.86. The van der Waals surface area contributed by atoms with Crippen molar-refractivity contribution in [1.29, 1.82) is 0 Å². The number of aromatic nitrogens is 1. The molecule has 2 heterocycles. The number of ketones is 1. The third kappa shape index (κ3) is 1.85. The maximum Gasteiger partial charge on any atom is 0.264 e. The van der Waals surface area contributed by atoms with Crippen LogP contribution in [0.4, 0.5) is 5.69 Å². The summed E-state index contributed by atoms with van der Waals surface area (Å²) >= 11 is 0. The van der Waals surface area contributed by atoms with Crippen molar-refractivity contribution in [2.24, 2.45) is 0 Å². The van der Waals surface area contributed by atoms with E-state index < -0.39 is 0 Å². The number of para-hydroxylation sites is 1. The first-order valence-electron chi connectivity index (χ1n) is 8.23.